The summed E-state index contributed by atoms with van der Waals surface area (Å²) in [5.41, 5.74) is 1.98. The van der Waals surface area contributed by atoms with Gasteiger partial charge in [0.2, 0.25) is 5.91 Å². The number of aliphatic carboxylic acids is 1. The van der Waals surface area contributed by atoms with Gasteiger partial charge in [-0.15, -0.1) is 0 Å². The maximum atomic E-state index is 12.0. The van der Waals surface area contributed by atoms with Crippen LogP contribution in [0.15, 0.2) is 18.2 Å². The molecule has 1 aliphatic heterocycles. The second-order valence-electron chi connectivity index (χ2n) is 5.48. The van der Waals surface area contributed by atoms with Crippen molar-refractivity contribution >= 4 is 17.6 Å². The second-order valence-corrected chi connectivity index (χ2v) is 5.48. The van der Waals surface area contributed by atoms with Gasteiger partial charge in [-0.25, -0.2) is 0 Å². The lowest BCUT2D eigenvalue weighted by Gasteiger charge is -2.10. The highest BCUT2D eigenvalue weighted by molar-refractivity contribution is 6.12. The molecule has 0 bridgehead atoms. The van der Waals surface area contributed by atoms with E-state index in [9.17, 15) is 9.59 Å². The van der Waals surface area contributed by atoms with Crippen molar-refractivity contribution in [2.75, 3.05) is 5.32 Å². The Labute approximate surface area is 105 Å². The molecule has 1 fully saturated rings. The van der Waals surface area contributed by atoms with Gasteiger partial charge in [-0.3, -0.25) is 9.59 Å². The quantitative estimate of drug-likeness (QED) is 0.838. The molecule has 4 nitrogen and oxygen atoms in total. The van der Waals surface area contributed by atoms with E-state index < -0.39 is 17.3 Å². The summed E-state index contributed by atoms with van der Waals surface area (Å²) in [6.45, 7) is 4.17. The molecule has 0 aromatic heterocycles. The van der Waals surface area contributed by atoms with E-state index in [0.717, 1.165) is 16.8 Å². The Morgan fingerprint density at radius 2 is 2.22 bits per heavy atom. The van der Waals surface area contributed by atoms with E-state index in [1.807, 2.05) is 18.2 Å². The Morgan fingerprint density at radius 3 is 2.78 bits per heavy atom. The minimum absolute atomic E-state index is 0.161. The van der Waals surface area contributed by atoms with Crippen LogP contribution in [0.3, 0.4) is 0 Å². The molecule has 0 saturated heterocycles. The van der Waals surface area contributed by atoms with E-state index in [1.165, 1.54) is 0 Å². The molecule has 2 atom stereocenters. The van der Waals surface area contributed by atoms with E-state index in [1.54, 1.807) is 0 Å². The van der Waals surface area contributed by atoms with Crippen molar-refractivity contribution in [3.05, 3.63) is 29.3 Å². The average Bonchev–Trinajstić information content (AvgIpc) is 2.99. The summed E-state index contributed by atoms with van der Waals surface area (Å²) in [7, 11) is 0. The molecule has 1 spiro atoms. The van der Waals surface area contributed by atoms with Gasteiger partial charge in [0.1, 0.15) is 0 Å². The third kappa shape index (κ3) is 1.26. The number of hydrogen-bond acceptors (Lipinski definition) is 2. The minimum atomic E-state index is -0.882. The molecule has 1 heterocycles. The van der Waals surface area contributed by atoms with Gasteiger partial charge in [-0.2, -0.15) is 0 Å². The van der Waals surface area contributed by atoms with Crippen LogP contribution in [0.4, 0.5) is 5.69 Å². The van der Waals surface area contributed by atoms with Crippen LogP contribution in [0, 0.1) is 5.92 Å². The molecule has 2 unspecified atom stereocenters. The third-order valence-corrected chi connectivity index (χ3v) is 4.10. The van der Waals surface area contributed by atoms with Crippen LogP contribution in [0.25, 0.3) is 0 Å². The van der Waals surface area contributed by atoms with Crippen LogP contribution in [0.2, 0.25) is 0 Å². The van der Waals surface area contributed by atoms with E-state index >= 15 is 0 Å². The normalized spacial score (nSPS) is 28.4. The number of carboxylic acid groups (broad SMARTS) is 1. The largest absolute Gasteiger partial charge is 0.481 e. The number of nitrogens with one attached hydrogen (secondary N) is 1. The zero-order valence-corrected chi connectivity index (χ0v) is 10.4. The van der Waals surface area contributed by atoms with Crippen molar-refractivity contribution in [2.24, 2.45) is 5.92 Å². The van der Waals surface area contributed by atoms with Gasteiger partial charge in [0.05, 0.1) is 11.3 Å². The molecule has 18 heavy (non-hydrogen) atoms. The first-order valence-electron chi connectivity index (χ1n) is 6.15. The number of amides is 1. The Balaban J connectivity index is 2.10. The standard InChI is InChI=1S/C14H15NO3/c1-7(2)8-3-4-11-9(5-8)14(13(18)15-11)6-10(14)12(16)17/h3-5,7,10H,6H2,1-2H3,(H,15,18)(H,16,17). The van der Waals surface area contributed by atoms with Crippen molar-refractivity contribution in [1.29, 1.82) is 0 Å². The first-order valence-corrected chi connectivity index (χ1v) is 6.15. The smallest absolute Gasteiger partial charge is 0.307 e. The number of benzene rings is 1. The first-order chi connectivity index (χ1) is 8.46. The predicted molar refractivity (Wildman–Crippen MR) is 66.6 cm³/mol. The van der Waals surface area contributed by atoms with Crippen LogP contribution in [-0.2, 0) is 15.0 Å². The molecule has 4 heteroatoms. The highest BCUT2D eigenvalue weighted by Gasteiger charge is 2.68. The van der Waals surface area contributed by atoms with E-state index in [2.05, 4.69) is 19.2 Å². The van der Waals surface area contributed by atoms with Gasteiger partial charge in [-0.05, 0) is 29.5 Å². The third-order valence-electron chi connectivity index (χ3n) is 4.10. The number of carbonyl (C=O) groups excluding carboxylic acids is 1. The SMILES string of the molecule is CC(C)c1ccc2c(c1)C1(CC1C(=O)O)C(=O)N2. The van der Waals surface area contributed by atoms with Crippen LogP contribution < -0.4 is 5.32 Å². The van der Waals surface area contributed by atoms with Gasteiger partial charge in [0, 0.05) is 5.69 Å². The molecular weight excluding hydrogens is 230 g/mol. The van der Waals surface area contributed by atoms with Crippen molar-refractivity contribution in [3.8, 4) is 0 Å². The maximum Gasteiger partial charge on any atom is 0.307 e. The van der Waals surface area contributed by atoms with Crippen LogP contribution in [-0.4, -0.2) is 17.0 Å². The Morgan fingerprint density at radius 1 is 1.50 bits per heavy atom. The number of carboxylic acids is 1. The number of rotatable bonds is 2. The van der Waals surface area contributed by atoms with Crippen LogP contribution in [0.5, 0.6) is 0 Å². The highest BCUT2D eigenvalue weighted by atomic mass is 16.4. The number of carbonyl (C=O) groups is 2. The van der Waals surface area contributed by atoms with Crippen molar-refractivity contribution < 1.29 is 14.7 Å². The molecule has 94 valence electrons. The Hall–Kier alpha value is -1.84. The van der Waals surface area contributed by atoms with Crippen molar-refractivity contribution in [1.82, 2.24) is 0 Å². The summed E-state index contributed by atoms with van der Waals surface area (Å²) in [4.78, 5) is 23.2. The molecular formula is C14H15NO3. The topological polar surface area (TPSA) is 66.4 Å². The molecule has 1 aromatic rings. The molecule has 3 rings (SSSR count). The number of fused-ring (bicyclic) bond motifs is 2. The monoisotopic (exact) mass is 245 g/mol. The zero-order valence-electron chi connectivity index (χ0n) is 10.4. The first kappa shape index (κ1) is 11.3. The van der Waals surface area contributed by atoms with Gasteiger partial charge in [0.15, 0.2) is 0 Å². The average molecular weight is 245 g/mol. The molecule has 1 aliphatic carbocycles. The fraction of sp³-hybridized carbons (Fsp3) is 0.429. The molecule has 2 N–H and O–H groups in total. The summed E-state index contributed by atoms with van der Waals surface area (Å²) in [6.07, 6.45) is 0.419. The maximum absolute atomic E-state index is 12.0. The summed E-state index contributed by atoms with van der Waals surface area (Å²) in [6, 6.07) is 5.86. The number of hydrogen-bond donors (Lipinski definition) is 2. The molecule has 1 amide bonds. The van der Waals surface area contributed by atoms with E-state index in [0.29, 0.717) is 12.3 Å². The summed E-state index contributed by atoms with van der Waals surface area (Å²) in [5.74, 6) is -1.25. The van der Waals surface area contributed by atoms with Gasteiger partial charge < -0.3 is 10.4 Å². The van der Waals surface area contributed by atoms with Crippen LogP contribution >= 0.6 is 0 Å². The van der Waals surface area contributed by atoms with Crippen molar-refractivity contribution in [2.45, 2.75) is 31.6 Å². The fourth-order valence-electron chi connectivity index (χ4n) is 2.86. The van der Waals surface area contributed by atoms with E-state index in [-0.39, 0.29) is 5.91 Å². The van der Waals surface area contributed by atoms with E-state index in [4.69, 9.17) is 5.11 Å². The Bertz CT molecular complexity index is 564. The lowest BCUT2D eigenvalue weighted by molar-refractivity contribution is -0.140. The molecule has 0 radical (unpaired) electrons. The van der Waals surface area contributed by atoms with Crippen molar-refractivity contribution in [3.63, 3.8) is 0 Å². The summed E-state index contributed by atoms with van der Waals surface area (Å²) in [5, 5.41) is 11.9. The lowest BCUT2D eigenvalue weighted by atomic mass is 9.91. The Kier molecular flexibility index (Phi) is 2.09. The zero-order chi connectivity index (χ0) is 13.1. The molecule has 2 aliphatic rings. The fourth-order valence-corrected chi connectivity index (χ4v) is 2.86. The van der Waals surface area contributed by atoms with Crippen LogP contribution in [0.1, 0.15) is 37.3 Å². The summed E-state index contributed by atoms with van der Waals surface area (Å²) < 4.78 is 0. The molecule has 1 aromatic carbocycles. The summed E-state index contributed by atoms with van der Waals surface area (Å²) >= 11 is 0. The lowest BCUT2D eigenvalue weighted by Crippen LogP contribution is -2.24. The van der Waals surface area contributed by atoms with Gasteiger partial charge >= 0.3 is 5.97 Å². The highest BCUT2D eigenvalue weighted by Crippen LogP contribution is 2.60. The minimum Gasteiger partial charge on any atom is -0.481 e. The van der Waals surface area contributed by atoms with Gasteiger partial charge in [-0.1, -0.05) is 26.0 Å². The second kappa shape index (κ2) is 3.34. The molecule has 1 saturated carbocycles. The number of anilines is 1. The van der Waals surface area contributed by atoms with Gasteiger partial charge in [0.25, 0.3) is 0 Å². The predicted octanol–water partition coefficient (Wildman–Crippen LogP) is 2.10.